The molecule has 5 nitrogen and oxygen atoms in total. The van der Waals surface area contributed by atoms with Crippen molar-refractivity contribution in [3.05, 3.63) is 124 Å². The zero-order chi connectivity index (χ0) is 23.2. The van der Waals surface area contributed by atoms with Crippen molar-refractivity contribution in [3.8, 4) is 22.9 Å². The predicted octanol–water partition coefficient (Wildman–Crippen LogP) is 5.83. The molecule has 1 aliphatic rings. The molecule has 0 fully saturated rings. The van der Waals surface area contributed by atoms with Crippen molar-refractivity contribution >= 4 is 21.7 Å². The highest BCUT2D eigenvalue weighted by molar-refractivity contribution is 5.96. The van der Waals surface area contributed by atoms with E-state index in [2.05, 4.69) is 30.3 Å². The van der Waals surface area contributed by atoms with Gasteiger partial charge in [-0.3, -0.25) is 0 Å². The van der Waals surface area contributed by atoms with Crippen LogP contribution in [0.15, 0.2) is 112 Å². The molecular formula is C29H18N2O3. The van der Waals surface area contributed by atoms with Crippen LogP contribution in [0.5, 0.6) is 5.75 Å². The number of nitrogens with zero attached hydrogens (tertiary/aromatic N) is 1. The fraction of sp³-hybridized carbons (Fsp3) is 0.0345. The van der Waals surface area contributed by atoms with E-state index in [-0.39, 0.29) is 17.0 Å². The minimum absolute atomic E-state index is 0.00566. The van der Waals surface area contributed by atoms with Gasteiger partial charge in [-0.15, -0.1) is 0 Å². The molecule has 0 aliphatic carbocycles. The van der Waals surface area contributed by atoms with E-state index in [1.165, 1.54) is 0 Å². The maximum absolute atomic E-state index is 13.0. The van der Waals surface area contributed by atoms with Crippen molar-refractivity contribution in [2.45, 2.75) is 5.92 Å². The van der Waals surface area contributed by atoms with Gasteiger partial charge in [0.05, 0.1) is 16.9 Å². The van der Waals surface area contributed by atoms with E-state index in [4.69, 9.17) is 14.9 Å². The highest BCUT2D eigenvalue weighted by atomic mass is 16.5. The number of allylic oxidation sites excluding steroid dienone is 1. The molecule has 1 atom stereocenters. The minimum atomic E-state index is -0.684. The Kier molecular flexibility index (Phi) is 4.46. The molecule has 1 aromatic heterocycles. The van der Waals surface area contributed by atoms with Crippen LogP contribution < -0.4 is 16.1 Å². The van der Waals surface area contributed by atoms with Crippen molar-refractivity contribution in [1.82, 2.24) is 0 Å². The number of fused-ring (bicyclic) bond motifs is 4. The third-order valence-electron chi connectivity index (χ3n) is 6.32. The van der Waals surface area contributed by atoms with Gasteiger partial charge in [0.1, 0.15) is 17.2 Å². The second-order valence-corrected chi connectivity index (χ2v) is 8.20. The van der Waals surface area contributed by atoms with Gasteiger partial charge in [0.15, 0.2) is 5.75 Å². The van der Waals surface area contributed by atoms with E-state index >= 15 is 0 Å². The SMILES string of the molecule is N#CC1=C(N)Oc2c(c(=O)oc3ccccc23)C1c1ccc(-c2cccc3ccccc23)cc1. The van der Waals surface area contributed by atoms with Gasteiger partial charge >= 0.3 is 5.63 Å². The third kappa shape index (κ3) is 2.97. The highest BCUT2D eigenvalue weighted by Crippen LogP contribution is 2.43. The molecule has 34 heavy (non-hydrogen) atoms. The fourth-order valence-corrected chi connectivity index (χ4v) is 4.73. The van der Waals surface area contributed by atoms with Crippen molar-refractivity contribution in [1.29, 1.82) is 5.26 Å². The molecule has 0 radical (unpaired) electrons. The van der Waals surface area contributed by atoms with Crippen molar-refractivity contribution in [2.75, 3.05) is 0 Å². The van der Waals surface area contributed by atoms with E-state index in [1.54, 1.807) is 12.1 Å². The summed E-state index contributed by atoms with van der Waals surface area (Å²) in [4.78, 5) is 13.0. The van der Waals surface area contributed by atoms with Gasteiger partial charge < -0.3 is 14.9 Å². The van der Waals surface area contributed by atoms with Crippen LogP contribution in [0, 0.1) is 11.3 Å². The summed E-state index contributed by atoms with van der Waals surface area (Å²) in [7, 11) is 0. The zero-order valence-corrected chi connectivity index (χ0v) is 18.0. The molecule has 0 amide bonds. The van der Waals surface area contributed by atoms with Crippen LogP contribution >= 0.6 is 0 Å². The number of ether oxygens (including phenoxy) is 1. The standard InChI is InChI=1S/C29H18N2O3/c30-16-23-25(26-27(34-28(23)31)22-9-3-4-11-24(22)33-29(26)32)19-14-12-18(13-15-19)21-10-5-7-17-6-1-2-8-20(17)21/h1-15,25H,31H2. The van der Waals surface area contributed by atoms with Crippen molar-refractivity contribution in [2.24, 2.45) is 5.73 Å². The topological polar surface area (TPSA) is 89.3 Å². The number of para-hydroxylation sites is 1. The number of benzene rings is 4. The van der Waals surface area contributed by atoms with Crippen molar-refractivity contribution in [3.63, 3.8) is 0 Å². The number of hydrogen-bond donors (Lipinski definition) is 1. The summed E-state index contributed by atoms with van der Waals surface area (Å²) in [5, 5.41) is 12.8. The quantitative estimate of drug-likeness (QED) is 0.347. The number of nitriles is 1. The molecule has 162 valence electrons. The second-order valence-electron chi connectivity index (χ2n) is 8.20. The summed E-state index contributed by atoms with van der Waals surface area (Å²) < 4.78 is 11.4. The van der Waals surface area contributed by atoms with Gasteiger partial charge in [0, 0.05) is 0 Å². The molecular weight excluding hydrogens is 424 g/mol. The number of hydrogen-bond acceptors (Lipinski definition) is 5. The van der Waals surface area contributed by atoms with Crippen LogP contribution in [0.3, 0.4) is 0 Å². The Hall–Kier alpha value is -4.82. The largest absolute Gasteiger partial charge is 0.439 e. The van der Waals surface area contributed by atoms with Gasteiger partial charge in [0.25, 0.3) is 0 Å². The molecule has 2 heterocycles. The Morgan fingerprint density at radius 1 is 0.824 bits per heavy atom. The highest BCUT2D eigenvalue weighted by Gasteiger charge is 2.35. The Morgan fingerprint density at radius 2 is 1.53 bits per heavy atom. The average molecular weight is 442 g/mol. The monoisotopic (exact) mass is 442 g/mol. The van der Waals surface area contributed by atoms with Gasteiger partial charge in [-0.2, -0.15) is 5.26 Å². The molecule has 2 N–H and O–H groups in total. The second kappa shape index (κ2) is 7.65. The van der Waals surface area contributed by atoms with Crippen LogP contribution in [0.25, 0.3) is 32.9 Å². The van der Waals surface area contributed by atoms with Gasteiger partial charge in [-0.05, 0) is 39.6 Å². The summed E-state index contributed by atoms with van der Waals surface area (Å²) in [5.41, 5.74) is 9.39. The predicted molar refractivity (Wildman–Crippen MR) is 131 cm³/mol. The van der Waals surface area contributed by atoms with E-state index < -0.39 is 11.5 Å². The Labute approximate surface area is 194 Å². The first-order valence-electron chi connectivity index (χ1n) is 10.9. The van der Waals surface area contributed by atoms with E-state index in [0.717, 1.165) is 27.5 Å². The smallest absolute Gasteiger partial charge is 0.344 e. The average Bonchev–Trinajstić information content (AvgIpc) is 2.88. The van der Waals surface area contributed by atoms with Gasteiger partial charge in [-0.25, -0.2) is 4.79 Å². The van der Waals surface area contributed by atoms with Crippen LogP contribution in [0.1, 0.15) is 17.0 Å². The lowest BCUT2D eigenvalue weighted by atomic mass is 9.83. The zero-order valence-electron chi connectivity index (χ0n) is 18.0. The molecule has 1 unspecified atom stereocenters. The maximum atomic E-state index is 13.0. The molecule has 1 aliphatic heterocycles. The molecule has 4 aromatic carbocycles. The molecule has 5 heteroatoms. The molecule has 0 saturated heterocycles. The lowest BCUT2D eigenvalue weighted by Gasteiger charge is -2.26. The minimum Gasteiger partial charge on any atom is -0.439 e. The molecule has 6 rings (SSSR count). The van der Waals surface area contributed by atoms with Crippen LogP contribution in [-0.2, 0) is 0 Å². The van der Waals surface area contributed by atoms with Gasteiger partial charge in [-0.1, -0.05) is 78.9 Å². The maximum Gasteiger partial charge on any atom is 0.344 e. The molecule has 5 aromatic rings. The van der Waals surface area contributed by atoms with Crippen molar-refractivity contribution < 1.29 is 9.15 Å². The van der Waals surface area contributed by atoms with Crippen LogP contribution in [0.4, 0.5) is 0 Å². The van der Waals surface area contributed by atoms with Gasteiger partial charge in [0.2, 0.25) is 5.88 Å². The summed E-state index contributed by atoms with van der Waals surface area (Å²) in [6, 6.07) is 31.6. The molecule has 0 saturated carbocycles. The fourth-order valence-electron chi connectivity index (χ4n) is 4.73. The third-order valence-corrected chi connectivity index (χ3v) is 6.32. The summed E-state index contributed by atoms with van der Waals surface area (Å²) >= 11 is 0. The van der Waals surface area contributed by atoms with E-state index in [9.17, 15) is 10.1 Å². The molecule has 0 spiro atoms. The number of nitrogens with two attached hydrogens (primary N) is 1. The first-order valence-corrected chi connectivity index (χ1v) is 10.9. The van der Waals surface area contributed by atoms with E-state index in [0.29, 0.717) is 16.7 Å². The lowest BCUT2D eigenvalue weighted by Crippen LogP contribution is -2.26. The normalized spacial score (nSPS) is 15.1. The summed E-state index contributed by atoms with van der Waals surface area (Å²) in [5.74, 6) is -0.350. The van der Waals surface area contributed by atoms with Crippen LogP contribution in [-0.4, -0.2) is 0 Å². The Bertz CT molecular complexity index is 1720. The Morgan fingerprint density at radius 3 is 2.32 bits per heavy atom. The number of rotatable bonds is 2. The first-order chi connectivity index (χ1) is 16.7. The Balaban J connectivity index is 1.53. The van der Waals surface area contributed by atoms with E-state index in [1.807, 2.05) is 54.6 Å². The van der Waals surface area contributed by atoms with Crippen LogP contribution in [0.2, 0.25) is 0 Å². The summed E-state index contributed by atoms with van der Waals surface area (Å²) in [6.45, 7) is 0. The first kappa shape index (κ1) is 19.8. The molecule has 0 bridgehead atoms. The lowest BCUT2D eigenvalue weighted by molar-refractivity contribution is 0.388. The summed E-state index contributed by atoms with van der Waals surface area (Å²) in [6.07, 6.45) is 0.